The van der Waals surface area contributed by atoms with Crippen molar-refractivity contribution < 1.29 is 9.53 Å². The number of carbonyl (C=O) groups is 1. The van der Waals surface area contributed by atoms with Crippen LogP contribution < -0.4 is 0 Å². The quantitative estimate of drug-likeness (QED) is 0.701. The molecule has 1 aliphatic heterocycles. The van der Waals surface area contributed by atoms with Crippen molar-refractivity contribution in [2.75, 3.05) is 13.1 Å². The van der Waals surface area contributed by atoms with Gasteiger partial charge in [0.1, 0.15) is 5.60 Å². The minimum Gasteiger partial charge on any atom is -0.444 e. The number of nitrogens with zero attached hydrogens (tertiary/aromatic N) is 3. The molecule has 3 rings (SSSR count). The van der Waals surface area contributed by atoms with Crippen molar-refractivity contribution in [3.63, 3.8) is 0 Å². The van der Waals surface area contributed by atoms with Crippen LogP contribution in [0.15, 0.2) is 29.0 Å². The molecule has 2 aromatic rings. The molecule has 1 amide bonds. The fourth-order valence-electron chi connectivity index (χ4n) is 3.16. The molecule has 0 unspecified atom stereocenters. The summed E-state index contributed by atoms with van der Waals surface area (Å²) < 4.78 is 8.81. The number of amides is 1. The van der Waals surface area contributed by atoms with E-state index in [2.05, 4.69) is 31.5 Å². The Morgan fingerprint density at radius 2 is 2.08 bits per heavy atom. The molecule has 6 heteroatoms. The van der Waals surface area contributed by atoms with E-state index >= 15 is 0 Å². The summed E-state index contributed by atoms with van der Waals surface area (Å²) in [6, 6.07) is 6.51. The topological polar surface area (TPSA) is 47.4 Å². The van der Waals surface area contributed by atoms with Gasteiger partial charge in [0.25, 0.3) is 0 Å². The summed E-state index contributed by atoms with van der Waals surface area (Å²) in [6.45, 7) is 7.18. The highest BCUT2D eigenvalue weighted by Gasteiger charge is 2.26. The Kier molecular flexibility index (Phi) is 4.85. The van der Waals surface area contributed by atoms with Crippen LogP contribution in [0.1, 0.15) is 46.1 Å². The SMILES string of the molecule is CC(C)(C)OC(=O)N1CCC[C@@H](n2cnc3ccc(Br)cc32)CC1. The molecule has 1 atom stereocenters. The van der Waals surface area contributed by atoms with E-state index in [0.29, 0.717) is 12.6 Å². The van der Waals surface area contributed by atoms with Crippen LogP contribution in [0.5, 0.6) is 0 Å². The predicted molar refractivity (Wildman–Crippen MR) is 98.1 cm³/mol. The van der Waals surface area contributed by atoms with Gasteiger partial charge in [0.2, 0.25) is 0 Å². The minimum atomic E-state index is -0.449. The monoisotopic (exact) mass is 393 g/mol. The number of imidazole rings is 1. The lowest BCUT2D eigenvalue weighted by atomic mass is 10.1. The molecule has 0 bridgehead atoms. The number of hydrogen-bond acceptors (Lipinski definition) is 3. The second-order valence-corrected chi connectivity index (χ2v) is 8.25. The van der Waals surface area contributed by atoms with E-state index in [1.807, 2.05) is 44.1 Å². The summed E-state index contributed by atoms with van der Waals surface area (Å²) in [7, 11) is 0. The van der Waals surface area contributed by atoms with Gasteiger partial charge in [-0.15, -0.1) is 0 Å². The van der Waals surface area contributed by atoms with E-state index in [4.69, 9.17) is 4.74 Å². The first-order chi connectivity index (χ1) is 11.3. The zero-order valence-electron chi connectivity index (χ0n) is 14.5. The third-order valence-electron chi connectivity index (χ3n) is 4.28. The smallest absolute Gasteiger partial charge is 0.410 e. The number of aromatic nitrogens is 2. The van der Waals surface area contributed by atoms with Gasteiger partial charge in [-0.2, -0.15) is 0 Å². The standard InChI is InChI=1S/C18H24BrN3O2/c1-18(2,3)24-17(23)21-9-4-5-14(8-10-21)22-12-20-15-7-6-13(19)11-16(15)22/h6-7,11-12,14H,4-5,8-10H2,1-3H3/t14-/m1/s1. The molecule has 0 radical (unpaired) electrons. The lowest BCUT2D eigenvalue weighted by molar-refractivity contribution is 0.0255. The Bertz CT molecular complexity index is 735. The van der Waals surface area contributed by atoms with E-state index < -0.39 is 5.60 Å². The molecule has 0 aliphatic carbocycles. The van der Waals surface area contributed by atoms with Gasteiger partial charge in [-0.05, 0) is 58.2 Å². The number of ether oxygens (including phenoxy) is 1. The number of fused-ring (bicyclic) bond motifs is 1. The zero-order valence-corrected chi connectivity index (χ0v) is 16.0. The number of benzene rings is 1. The molecule has 1 aromatic carbocycles. The maximum atomic E-state index is 12.3. The normalized spacial score (nSPS) is 19.3. The van der Waals surface area contributed by atoms with Crippen LogP contribution in [0.2, 0.25) is 0 Å². The molecule has 0 N–H and O–H groups in total. The van der Waals surface area contributed by atoms with E-state index in [-0.39, 0.29) is 6.09 Å². The molecule has 1 aromatic heterocycles. The number of likely N-dealkylation sites (tertiary alicyclic amines) is 1. The van der Waals surface area contributed by atoms with Gasteiger partial charge >= 0.3 is 6.09 Å². The molecular weight excluding hydrogens is 370 g/mol. The van der Waals surface area contributed by atoms with Crippen molar-refractivity contribution in [3.05, 3.63) is 29.0 Å². The average Bonchev–Trinajstić information content (AvgIpc) is 2.74. The first kappa shape index (κ1) is 17.3. The van der Waals surface area contributed by atoms with Gasteiger partial charge in [-0.3, -0.25) is 0 Å². The summed E-state index contributed by atoms with van der Waals surface area (Å²) in [4.78, 5) is 18.6. The van der Waals surface area contributed by atoms with Gasteiger partial charge in [-0.1, -0.05) is 15.9 Å². The van der Waals surface area contributed by atoms with Crippen LogP contribution >= 0.6 is 15.9 Å². The molecule has 130 valence electrons. The van der Waals surface area contributed by atoms with E-state index in [1.54, 1.807) is 0 Å². The Hall–Kier alpha value is -1.56. The third kappa shape index (κ3) is 3.91. The van der Waals surface area contributed by atoms with Crippen molar-refractivity contribution in [2.24, 2.45) is 0 Å². The highest BCUT2D eigenvalue weighted by molar-refractivity contribution is 9.10. The number of halogens is 1. The number of hydrogen-bond donors (Lipinski definition) is 0. The van der Waals surface area contributed by atoms with Gasteiger partial charge in [0.05, 0.1) is 17.4 Å². The number of rotatable bonds is 1. The largest absolute Gasteiger partial charge is 0.444 e. The highest BCUT2D eigenvalue weighted by Crippen LogP contribution is 2.28. The summed E-state index contributed by atoms with van der Waals surface area (Å²) in [5, 5.41) is 0. The third-order valence-corrected chi connectivity index (χ3v) is 4.77. The van der Waals surface area contributed by atoms with E-state index in [9.17, 15) is 4.79 Å². The Balaban J connectivity index is 1.73. The lowest BCUT2D eigenvalue weighted by Crippen LogP contribution is -2.37. The lowest BCUT2D eigenvalue weighted by Gasteiger charge is -2.26. The Morgan fingerprint density at radius 1 is 1.29 bits per heavy atom. The average molecular weight is 394 g/mol. The summed E-state index contributed by atoms with van der Waals surface area (Å²) in [5.41, 5.74) is 1.70. The van der Waals surface area contributed by atoms with Crippen molar-refractivity contribution in [1.29, 1.82) is 0 Å². The molecule has 1 fully saturated rings. The molecule has 0 saturated carbocycles. The molecule has 5 nitrogen and oxygen atoms in total. The van der Waals surface area contributed by atoms with Gasteiger partial charge in [0, 0.05) is 23.6 Å². The molecule has 24 heavy (non-hydrogen) atoms. The Labute approximate surface area is 151 Å². The van der Waals surface area contributed by atoms with Crippen molar-refractivity contribution in [1.82, 2.24) is 14.5 Å². The van der Waals surface area contributed by atoms with Crippen LogP contribution in [0.3, 0.4) is 0 Å². The second-order valence-electron chi connectivity index (χ2n) is 7.34. The van der Waals surface area contributed by atoms with E-state index in [0.717, 1.165) is 41.3 Å². The second kappa shape index (κ2) is 6.75. The van der Waals surface area contributed by atoms with Crippen molar-refractivity contribution in [2.45, 2.75) is 51.7 Å². The predicted octanol–water partition coefficient (Wildman–Crippen LogP) is 4.76. The summed E-state index contributed by atoms with van der Waals surface area (Å²) in [5.74, 6) is 0. The van der Waals surface area contributed by atoms with Gasteiger partial charge < -0.3 is 14.2 Å². The molecule has 1 saturated heterocycles. The van der Waals surface area contributed by atoms with Crippen molar-refractivity contribution >= 4 is 33.1 Å². The fraction of sp³-hybridized carbons (Fsp3) is 0.556. The first-order valence-corrected chi connectivity index (χ1v) is 9.23. The van der Waals surface area contributed by atoms with Crippen LogP contribution in [-0.4, -0.2) is 39.2 Å². The van der Waals surface area contributed by atoms with E-state index in [1.165, 1.54) is 0 Å². The maximum Gasteiger partial charge on any atom is 0.410 e. The summed E-state index contributed by atoms with van der Waals surface area (Å²) >= 11 is 3.54. The molecule has 2 heterocycles. The minimum absolute atomic E-state index is 0.207. The van der Waals surface area contributed by atoms with Gasteiger partial charge in [0.15, 0.2) is 0 Å². The Morgan fingerprint density at radius 3 is 2.83 bits per heavy atom. The first-order valence-electron chi connectivity index (χ1n) is 8.43. The molecule has 0 spiro atoms. The zero-order chi connectivity index (χ0) is 17.3. The fourth-order valence-corrected chi connectivity index (χ4v) is 3.51. The summed E-state index contributed by atoms with van der Waals surface area (Å²) in [6.07, 6.45) is 4.64. The number of carbonyl (C=O) groups excluding carboxylic acids is 1. The highest BCUT2D eigenvalue weighted by atomic mass is 79.9. The van der Waals surface area contributed by atoms with Crippen molar-refractivity contribution in [3.8, 4) is 0 Å². The molecular formula is C18H24BrN3O2. The van der Waals surface area contributed by atoms with Gasteiger partial charge in [-0.25, -0.2) is 9.78 Å². The molecule has 1 aliphatic rings. The maximum absolute atomic E-state index is 12.3. The van der Waals surface area contributed by atoms with Crippen LogP contribution in [0.25, 0.3) is 11.0 Å². The van der Waals surface area contributed by atoms with Crippen LogP contribution in [-0.2, 0) is 4.74 Å². The van der Waals surface area contributed by atoms with Crippen LogP contribution in [0.4, 0.5) is 4.79 Å². The van der Waals surface area contributed by atoms with Crippen LogP contribution in [0, 0.1) is 0 Å².